The molecule has 0 radical (unpaired) electrons. The van der Waals surface area contributed by atoms with E-state index in [4.69, 9.17) is 10.1 Å². The SMILES string of the molecule is CNC1=C(C(=N)c2cc(OC)cc3[nH]ccc23)CN(C(C)=O)CC1. The van der Waals surface area contributed by atoms with Crippen molar-refractivity contribution in [1.29, 1.82) is 5.41 Å². The fraction of sp³-hybridized carbons (Fsp3) is 0.333. The molecule has 3 rings (SSSR count). The van der Waals surface area contributed by atoms with E-state index in [1.165, 1.54) is 0 Å². The lowest BCUT2D eigenvalue weighted by atomic mass is 9.94. The molecule has 0 aliphatic carbocycles. The number of H-pyrrole nitrogens is 1. The van der Waals surface area contributed by atoms with Crippen molar-refractivity contribution in [3.63, 3.8) is 0 Å². The monoisotopic (exact) mass is 326 g/mol. The standard InChI is InChI=1S/C18H22N4O2/c1-11(23)22-7-5-16(20-2)15(10-22)18(19)14-8-12(24-3)9-17-13(14)4-6-21-17/h4,6,8-9,19-21H,5,7,10H2,1-3H3. The fourth-order valence-corrected chi connectivity index (χ4v) is 3.17. The average Bonchev–Trinajstić information content (AvgIpc) is 3.07. The van der Waals surface area contributed by atoms with Crippen LogP contribution in [0.1, 0.15) is 18.9 Å². The van der Waals surface area contributed by atoms with Gasteiger partial charge in [-0.05, 0) is 12.1 Å². The van der Waals surface area contributed by atoms with E-state index < -0.39 is 0 Å². The molecule has 0 spiro atoms. The molecule has 0 atom stereocenters. The summed E-state index contributed by atoms with van der Waals surface area (Å²) in [5, 5.41) is 12.9. The Balaban J connectivity index is 2.08. The first-order valence-corrected chi connectivity index (χ1v) is 7.95. The summed E-state index contributed by atoms with van der Waals surface area (Å²) in [6, 6.07) is 5.76. The maximum Gasteiger partial charge on any atom is 0.219 e. The Bertz CT molecular complexity index is 835. The molecule has 126 valence electrons. The van der Waals surface area contributed by atoms with Crippen LogP contribution >= 0.6 is 0 Å². The molecule has 1 aromatic heterocycles. The van der Waals surface area contributed by atoms with Crippen LogP contribution in [0.25, 0.3) is 10.9 Å². The summed E-state index contributed by atoms with van der Waals surface area (Å²) in [4.78, 5) is 16.7. The second-order valence-electron chi connectivity index (χ2n) is 5.89. The lowest BCUT2D eigenvalue weighted by Gasteiger charge is -2.30. The Kier molecular flexibility index (Phi) is 4.29. The van der Waals surface area contributed by atoms with Gasteiger partial charge in [-0.1, -0.05) is 0 Å². The molecule has 1 aliphatic rings. The number of carbonyl (C=O) groups excluding carboxylic acids is 1. The number of hydrogen-bond acceptors (Lipinski definition) is 4. The van der Waals surface area contributed by atoms with Gasteiger partial charge in [0.05, 0.1) is 12.8 Å². The highest BCUT2D eigenvalue weighted by Crippen LogP contribution is 2.28. The van der Waals surface area contributed by atoms with Crippen LogP contribution in [0.3, 0.4) is 0 Å². The van der Waals surface area contributed by atoms with Crippen molar-refractivity contribution in [1.82, 2.24) is 15.2 Å². The molecule has 6 heteroatoms. The van der Waals surface area contributed by atoms with Crippen molar-refractivity contribution in [3.05, 3.63) is 41.2 Å². The number of methoxy groups -OCH3 is 1. The van der Waals surface area contributed by atoms with E-state index in [-0.39, 0.29) is 5.91 Å². The van der Waals surface area contributed by atoms with E-state index in [9.17, 15) is 4.79 Å². The first-order chi connectivity index (χ1) is 11.5. The van der Waals surface area contributed by atoms with Crippen LogP contribution in [0.2, 0.25) is 0 Å². The van der Waals surface area contributed by atoms with Crippen molar-refractivity contribution in [2.75, 3.05) is 27.2 Å². The molecule has 24 heavy (non-hydrogen) atoms. The van der Waals surface area contributed by atoms with E-state index in [0.717, 1.165) is 34.2 Å². The number of benzene rings is 1. The zero-order valence-electron chi connectivity index (χ0n) is 14.2. The summed E-state index contributed by atoms with van der Waals surface area (Å²) in [5.74, 6) is 0.739. The molecule has 3 N–H and O–H groups in total. The summed E-state index contributed by atoms with van der Waals surface area (Å²) in [5.41, 5.74) is 4.03. The number of aromatic nitrogens is 1. The third-order valence-corrected chi connectivity index (χ3v) is 4.54. The Hall–Kier alpha value is -2.76. The van der Waals surface area contributed by atoms with Gasteiger partial charge in [0.15, 0.2) is 0 Å². The molecule has 0 unspecified atom stereocenters. The first-order valence-electron chi connectivity index (χ1n) is 7.95. The van der Waals surface area contributed by atoms with Gasteiger partial charge in [0.25, 0.3) is 0 Å². The molecule has 0 bridgehead atoms. The van der Waals surface area contributed by atoms with Crippen molar-refractivity contribution >= 4 is 22.5 Å². The van der Waals surface area contributed by atoms with E-state index in [0.29, 0.717) is 24.6 Å². The molecular formula is C18H22N4O2. The third kappa shape index (κ3) is 2.75. The van der Waals surface area contributed by atoms with Crippen molar-refractivity contribution in [2.24, 2.45) is 0 Å². The number of aromatic amines is 1. The fourth-order valence-electron chi connectivity index (χ4n) is 3.17. The Morgan fingerprint density at radius 2 is 2.21 bits per heavy atom. The summed E-state index contributed by atoms with van der Waals surface area (Å²) < 4.78 is 5.37. The molecule has 0 saturated carbocycles. The Morgan fingerprint density at radius 3 is 2.88 bits per heavy atom. The van der Waals surface area contributed by atoms with Gasteiger partial charge in [-0.2, -0.15) is 0 Å². The number of rotatable bonds is 4. The van der Waals surface area contributed by atoms with Gasteiger partial charge in [-0.15, -0.1) is 0 Å². The molecule has 1 amide bonds. The summed E-state index contributed by atoms with van der Waals surface area (Å²) in [7, 11) is 3.48. The number of nitrogens with one attached hydrogen (secondary N) is 3. The highest BCUT2D eigenvalue weighted by atomic mass is 16.5. The van der Waals surface area contributed by atoms with Crippen LogP contribution in [0.4, 0.5) is 0 Å². The van der Waals surface area contributed by atoms with Crippen LogP contribution < -0.4 is 10.1 Å². The van der Waals surface area contributed by atoms with Crippen molar-refractivity contribution in [3.8, 4) is 5.75 Å². The van der Waals surface area contributed by atoms with E-state index in [1.54, 1.807) is 18.9 Å². The molecule has 2 heterocycles. The number of nitrogens with zero attached hydrogens (tertiary/aromatic N) is 1. The van der Waals surface area contributed by atoms with E-state index in [2.05, 4.69) is 10.3 Å². The van der Waals surface area contributed by atoms with Gasteiger partial charge < -0.3 is 19.9 Å². The molecule has 0 fully saturated rings. The molecule has 2 aromatic rings. The number of fused-ring (bicyclic) bond motifs is 1. The van der Waals surface area contributed by atoms with Crippen molar-refractivity contribution < 1.29 is 9.53 Å². The largest absolute Gasteiger partial charge is 0.497 e. The normalized spacial score (nSPS) is 14.9. The van der Waals surface area contributed by atoms with Crippen LogP contribution in [-0.2, 0) is 4.79 Å². The number of hydrogen-bond donors (Lipinski definition) is 3. The number of ether oxygens (including phenoxy) is 1. The predicted octanol–water partition coefficient (Wildman–Crippen LogP) is 2.27. The zero-order chi connectivity index (χ0) is 17.3. The van der Waals surface area contributed by atoms with Crippen LogP contribution in [0.15, 0.2) is 35.7 Å². The van der Waals surface area contributed by atoms with E-state index >= 15 is 0 Å². The smallest absolute Gasteiger partial charge is 0.219 e. The molecular weight excluding hydrogens is 304 g/mol. The second kappa shape index (κ2) is 6.39. The second-order valence-corrected chi connectivity index (χ2v) is 5.89. The average molecular weight is 326 g/mol. The molecule has 1 aromatic carbocycles. The first kappa shape index (κ1) is 16.1. The minimum absolute atomic E-state index is 0.0351. The Labute approximate surface area is 141 Å². The quantitative estimate of drug-likeness (QED) is 0.754. The van der Waals surface area contributed by atoms with Crippen LogP contribution in [0.5, 0.6) is 5.75 Å². The Morgan fingerprint density at radius 1 is 1.42 bits per heavy atom. The summed E-state index contributed by atoms with van der Waals surface area (Å²) in [6.07, 6.45) is 2.59. The van der Waals surface area contributed by atoms with Crippen molar-refractivity contribution in [2.45, 2.75) is 13.3 Å². The molecule has 1 aliphatic heterocycles. The minimum Gasteiger partial charge on any atom is -0.497 e. The van der Waals surface area contributed by atoms with Gasteiger partial charge in [-0.3, -0.25) is 10.2 Å². The lowest BCUT2D eigenvalue weighted by molar-refractivity contribution is -0.128. The molecule has 0 saturated heterocycles. The van der Waals surface area contributed by atoms with Gasteiger partial charge in [-0.25, -0.2) is 0 Å². The van der Waals surface area contributed by atoms with Crippen LogP contribution in [-0.4, -0.2) is 48.7 Å². The maximum absolute atomic E-state index is 11.8. The number of amides is 1. The lowest BCUT2D eigenvalue weighted by Crippen LogP contribution is -2.39. The third-order valence-electron chi connectivity index (χ3n) is 4.54. The zero-order valence-corrected chi connectivity index (χ0v) is 14.2. The van der Waals surface area contributed by atoms with Crippen LogP contribution in [0, 0.1) is 5.41 Å². The topological polar surface area (TPSA) is 81.2 Å². The summed E-state index contributed by atoms with van der Waals surface area (Å²) >= 11 is 0. The van der Waals surface area contributed by atoms with Gasteiger partial charge in [0.2, 0.25) is 5.91 Å². The number of carbonyl (C=O) groups is 1. The summed E-state index contributed by atoms with van der Waals surface area (Å²) in [6.45, 7) is 2.70. The van der Waals surface area contributed by atoms with Gasteiger partial charge in [0, 0.05) is 73.5 Å². The predicted molar refractivity (Wildman–Crippen MR) is 94.6 cm³/mol. The molecule has 6 nitrogen and oxygen atoms in total. The maximum atomic E-state index is 11.8. The highest BCUT2D eigenvalue weighted by molar-refractivity contribution is 6.18. The van der Waals surface area contributed by atoms with Gasteiger partial charge >= 0.3 is 0 Å². The highest BCUT2D eigenvalue weighted by Gasteiger charge is 2.24. The van der Waals surface area contributed by atoms with E-state index in [1.807, 2.05) is 31.4 Å². The minimum atomic E-state index is 0.0351. The van der Waals surface area contributed by atoms with Gasteiger partial charge in [0.1, 0.15) is 5.75 Å².